The molecule has 2 atom stereocenters. The molecule has 1 rings (SSSR count). The number of hydrogen-bond donors (Lipinski definition) is 3. The SMILES string of the molecule is COc1cccc(NC(=O)CC(C)NC(C)CO)c1. The number of rotatable bonds is 7. The molecule has 0 saturated heterocycles. The normalized spacial score (nSPS) is 13.7. The maximum Gasteiger partial charge on any atom is 0.225 e. The van der Waals surface area contributed by atoms with Crippen LogP contribution in [0.1, 0.15) is 20.3 Å². The molecule has 5 heteroatoms. The van der Waals surface area contributed by atoms with Crippen LogP contribution in [0.2, 0.25) is 0 Å². The Kier molecular flexibility index (Phi) is 6.32. The van der Waals surface area contributed by atoms with Crippen molar-refractivity contribution < 1.29 is 14.6 Å². The zero-order valence-electron chi connectivity index (χ0n) is 11.6. The minimum absolute atomic E-state index is 0.00718. The number of carbonyl (C=O) groups is 1. The lowest BCUT2D eigenvalue weighted by molar-refractivity contribution is -0.116. The lowest BCUT2D eigenvalue weighted by atomic mass is 10.2. The summed E-state index contributed by atoms with van der Waals surface area (Å²) in [4.78, 5) is 11.8. The van der Waals surface area contributed by atoms with E-state index in [1.165, 1.54) is 0 Å². The Labute approximate surface area is 114 Å². The minimum atomic E-state index is -0.0709. The summed E-state index contributed by atoms with van der Waals surface area (Å²) in [5.41, 5.74) is 0.715. The fourth-order valence-electron chi connectivity index (χ4n) is 1.79. The van der Waals surface area contributed by atoms with Crippen LogP contribution < -0.4 is 15.4 Å². The average molecular weight is 266 g/mol. The molecule has 3 N–H and O–H groups in total. The average Bonchev–Trinajstić information content (AvgIpc) is 2.38. The molecule has 0 spiro atoms. The topological polar surface area (TPSA) is 70.6 Å². The highest BCUT2D eigenvalue weighted by molar-refractivity contribution is 5.91. The fraction of sp³-hybridized carbons (Fsp3) is 0.500. The summed E-state index contributed by atoms with van der Waals surface area (Å²) < 4.78 is 5.09. The molecule has 0 aromatic heterocycles. The molecule has 1 aromatic carbocycles. The largest absolute Gasteiger partial charge is 0.497 e. The molecule has 106 valence electrons. The van der Waals surface area contributed by atoms with Gasteiger partial charge in [0.05, 0.1) is 13.7 Å². The number of amides is 1. The van der Waals surface area contributed by atoms with Crippen LogP contribution in [0.3, 0.4) is 0 Å². The Morgan fingerprint density at radius 3 is 2.74 bits per heavy atom. The van der Waals surface area contributed by atoms with Gasteiger partial charge in [0, 0.05) is 30.3 Å². The van der Waals surface area contributed by atoms with Gasteiger partial charge in [-0.25, -0.2) is 0 Å². The fourth-order valence-corrected chi connectivity index (χ4v) is 1.79. The van der Waals surface area contributed by atoms with Crippen LogP contribution in [0.25, 0.3) is 0 Å². The van der Waals surface area contributed by atoms with E-state index in [0.717, 1.165) is 0 Å². The predicted octanol–water partition coefficient (Wildman–Crippen LogP) is 1.38. The van der Waals surface area contributed by atoms with Crippen LogP contribution in [-0.4, -0.2) is 36.8 Å². The van der Waals surface area contributed by atoms with E-state index in [4.69, 9.17) is 9.84 Å². The summed E-state index contributed by atoms with van der Waals surface area (Å²) >= 11 is 0. The van der Waals surface area contributed by atoms with Crippen LogP contribution in [0, 0.1) is 0 Å². The Hall–Kier alpha value is -1.59. The van der Waals surface area contributed by atoms with E-state index in [2.05, 4.69) is 10.6 Å². The number of methoxy groups -OCH3 is 1. The number of benzene rings is 1. The summed E-state index contributed by atoms with van der Waals surface area (Å²) in [6.45, 7) is 3.84. The number of anilines is 1. The van der Waals surface area contributed by atoms with Crippen LogP contribution in [0.15, 0.2) is 24.3 Å². The first-order valence-corrected chi connectivity index (χ1v) is 6.36. The molecular formula is C14H22N2O3. The van der Waals surface area contributed by atoms with Crippen molar-refractivity contribution in [1.82, 2.24) is 5.32 Å². The van der Waals surface area contributed by atoms with Crippen LogP contribution in [0.4, 0.5) is 5.69 Å². The van der Waals surface area contributed by atoms with Crippen molar-refractivity contribution in [2.24, 2.45) is 0 Å². The van der Waals surface area contributed by atoms with Crippen LogP contribution >= 0.6 is 0 Å². The van der Waals surface area contributed by atoms with Crippen LogP contribution in [-0.2, 0) is 4.79 Å². The summed E-state index contributed by atoms with van der Waals surface area (Å²) in [7, 11) is 1.59. The van der Waals surface area contributed by atoms with Gasteiger partial charge >= 0.3 is 0 Å². The molecule has 1 aromatic rings. The molecule has 0 fully saturated rings. The molecular weight excluding hydrogens is 244 g/mol. The smallest absolute Gasteiger partial charge is 0.225 e. The van der Waals surface area contributed by atoms with Crippen molar-refractivity contribution in [3.8, 4) is 5.75 Å². The standard InChI is InChI=1S/C14H22N2O3/c1-10(15-11(2)9-17)7-14(18)16-12-5-4-6-13(8-12)19-3/h4-6,8,10-11,15,17H,7,9H2,1-3H3,(H,16,18). The monoisotopic (exact) mass is 266 g/mol. The summed E-state index contributed by atoms with van der Waals surface area (Å²) in [6, 6.07) is 7.22. The van der Waals surface area contributed by atoms with Gasteiger partial charge in [-0.15, -0.1) is 0 Å². The van der Waals surface area contributed by atoms with E-state index in [0.29, 0.717) is 17.9 Å². The molecule has 0 aliphatic carbocycles. The predicted molar refractivity (Wildman–Crippen MR) is 75.4 cm³/mol. The second-order valence-electron chi connectivity index (χ2n) is 4.64. The zero-order valence-corrected chi connectivity index (χ0v) is 11.6. The third-order valence-corrected chi connectivity index (χ3v) is 2.69. The molecule has 0 aliphatic heterocycles. The van der Waals surface area contributed by atoms with Gasteiger partial charge in [-0.3, -0.25) is 4.79 Å². The first-order chi connectivity index (χ1) is 9.05. The van der Waals surface area contributed by atoms with E-state index >= 15 is 0 Å². The Balaban J connectivity index is 2.46. The van der Waals surface area contributed by atoms with Crippen molar-refractivity contribution in [1.29, 1.82) is 0 Å². The van der Waals surface area contributed by atoms with Crippen molar-refractivity contribution in [3.63, 3.8) is 0 Å². The van der Waals surface area contributed by atoms with E-state index in [1.807, 2.05) is 32.0 Å². The van der Waals surface area contributed by atoms with Crippen molar-refractivity contribution in [3.05, 3.63) is 24.3 Å². The van der Waals surface area contributed by atoms with Gasteiger partial charge in [0.2, 0.25) is 5.91 Å². The first-order valence-electron chi connectivity index (χ1n) is 6.36. The van der Waals surface area contributed by atoms with E-state index < -0.39 is 0 Å². The molecule has 0 saturated carbocycles. The van der Waals surface area contributed by atoms with Gasteiger partial charge in [-0.1, -0.05) is 6.07 Å². The highest BCUT2D eigenvalue weighted by atomic mass is 16.5. The maximum atomic E-state index is 11.8. The number of ether oxygens (including phenoxy) is 1. The number of aliphatic hydroxyl groups is 1. The third-order valence-electron chi connectivity index (χ3n) is 2.69. The Morgan fingerprint density at radius 2 is 2.11 bits per heavy atom. The Bertz CT molecular complexity index is 409. The second kappa shape index (κ2) is 7.76. The van der Waals surface area contributed by atoms with Gasteiger partial charge in [0.15, 0.2) is 0 Å². The summed E-state index contributed by atoms with van der Waals surface area (Å²) in [6.07, 6.45) is 0.349. The highest BCUT2D eigenvalue weighted by Crippen LogP contribution is 2.16. The van der Waals surface area contributed by atoms with Crippen LogP contribution in [0.5, 0.6) is 5.75 Å². The molecule has 0 radical (unpaired) electrons. The lowest BCUT2D eigenvalue weighted by Gasteiger charge is -2.18. The number of hydrogen-bond acceptors (Lipinski definition) is 4. The summed E-state index contributed by atoms with van der Waals surface area (Å²) in [5.74, 6) is 0.635. The van der Waals surface area contributed by atoms with Crippen molar-refractivity contribution in [2.45, 2.75) is 32.4 Å². The van der Waals surface area contributed by atoms with E-state index in [-0.39, 0.29) is 24.6 Å². The van der Waals surface area contributed by atoms with Crippen molar-refractivity contribution in [2.75, 3.05) is 19.0 Å². The van der Waals surface area contributed by atoms with Gasteiger partial charge < -0.3 is 20.5 Å². The summed E-state index contributed by atoms with van der Waals surface area (Å²) in [5, 5.41) is 14.9. The molecule has 0 aliphatic rings. The highest BCUT2D eigenvalue weighted by Gasteiger charge is 2.11. The molecule has 5 nitrogen and oxygen atoms in total. The van der Waals surface area contributed by atoms with E-state index in [9.17, 15) is 4.79 Å². The van der Waals surface area contributed by atoms with Crippen molar-refractivity contribution >= 4 is 11.6 Å². The molecule has 0 heterocycles. The quantitative estimate of drug-likeness (QED) is 0.697. The molecule has 0 bridgehead atoms. The van der Waals surface area contributed by atoms with E-state index in [1.54, 1.807) is 13.2 Å². The zero-order chi connectivity index (χ0) is 14.3. The molecule has 1 amide bonds. The van der Waals surface area contributed by atoms with Gasteiger partial charge in [0.1, 0.15) is 5.75 Å². The van der Waals surface area contributed by atoms with Gasteiger partial charge in [0.25, 0.3) is 0 Å². The van der Waals surface area contributed by atoms with Gasteiger partial charge in [-0.05, 0) is 26.0 Å². The lowest BCUT2D eigenvalue weighted by Crippen LogP contribution is -2.38. The maximum absolute atomic E-state index is 11.8. The second-order valence-corrected chi connectivity index (χ2v) is 4.64. The third kappa shape index (κ3) is 5.72. The molecule has 2 unspecified atom stereocenters. The number of nitrogens with one attached hydrogen (secondary N) is 2. The number of carbonyl (C=O) groups excluding carboxylic acids is 1. The minimum Gasteiger partial charge on any atom is -0.497 e. The Morgan fingerprint density at radius 1 is 1.37 bits per heavy atom. The molecule has 19 heavy (non-hydrogen) atoms. The number of aliphatic hydroxyl groups excluding tert-OH is 1. The first kappa shape index (κ1) is 15.5. The van der Waals surface area contributed by atoms with Gasteiger partial charge in [-0.2, -0.15) is 0 Å².